The van der Waals surface area contributed by atoms with E-state index in [0.29, 0.717) is 6.54 Å². The molecule has 0 saturated heterocycles. The second-order valence-electron chi connectivity index (χ2n) is 3.64. The van der Waals surface area contributed by atoms with Gasteiger partial charge in [-0.3, -0.25) is 4.98 Å². The molecule has 0 radical (unpaired) electrons. The maximum absolute atomic E-state index is 5.52. The van der Waals surface area contributed by atoms with Crippen LogP contribution in [0.25, 0.3) is 0 Å². The van der Waals surface area contributed by atoms with Crippen molar-refractivity contribution in [1.29, 1.82) is 0 Å². The van der Waals surface area contributed by atoms with Crippen LogP contribution in [0.5, 0.6) is 0 Å². The summed E-state index contributed by atoms with van der Waals surface area (Å²) in [5.74, 6) is 0. The van der Waals surface area contributed by atoms with Crippen LogP contribution in [0.1, 0.15) is 26.0 Å². The maximum Gasteiger partial charge on any atom is 0.0460 e. The predicted octanol–water partition coefficient (Wildman–Crippen LogP) is 1.71. The van der Waals surface area contributed by atoms with Gasteiger partial charge in [-0.05, 0) is 25.1 Å². The molecule has 2 nitrogen and oxygen atoms in total. The zero-order chi connectivity index (χ0) is 9.03. The molecule has 1 aromatic rings. The van der Waals surface area contributed by atoms with Gasteiger partial charge in [-0.1, -0.05) is 19.9 Å². The molecule has 0 unspecified atom stereocenters. The first-order valence-electron chi connectivity index (χ1n) is 4.28. The first-order chi connectivity index (χ1) is 5.67. The van der Waals surface area contributed by atoms with Gasteiger partial charge in [0.25, 0.3) is 0 Å². The zero-order valence-electron chi connectivity index (χ0n) is 7.75. The van der Waals surface area contributed by atoms with E-state index in [1.807, 2.05) is 18.3 Å². The van der Waals surface area contributed by atoms with Crippen molar-refractivity contribution >= 4 is 0 Å². The van der Waals surface area contributed by atoms with Gasteiger partial charge in [0.1, 0.15) is 0 Å². The number of pyridine rings is 1. The van der Waals surface area contributed by atoms with E-state index < -0.39 is 0 Å². The number of nitrogens with zero attached hydrogens (tertiary/aromatic N) is 1. The molecule has 2 heteroatoms. The van der Waals surface area contributed by atoms with Crippen molar-refractivity contribution in [1.82, 2.24) is 4.98 Å². The lowest BCUT2D eigenvalue weighted by atomic mass is 9.85. The number of hydrogen-bond acceptors (Lipinski definition) is 2. The van der Waals surface area contributed by atoms with Crippen molar-refractivity contribution in [2.45, 2.75) is 25.7 Å². The Kier molecular flexibility index (Phi) is 2.82. The molecule has 2 N–H and O–H groups in total. The molecule has 0 aliphatic heterocycles. The van der Waals surface area contributed by atoms with Crippen LogP contribution in [-0.4, -0.2) is 11.5 Å². The highest BCUT2D eigenvalue weighted by molar-refractivity contribution is 5.14. The van der Waals surface area contributed by atoms with E-state index in [9.17, 15) is 0 Å². The van der Waals surface area contributed by atoms with Crippen LogP contribution < -0.4 is 5.73 Å². The van der Waals surface area contributed by atoms with E-state index in [1.54, 1.807) is 0 Å². The van der Waals surface area contributed by atoms with Gasteiger partial charge in [0, 0.05) is 17.3 Å². The SMILES string of the molecule is CC(C)(CCN)c1ccccn1. The van der Waals surface area contributed by atoms with Crippen LogP contribution >= 0.6 is 0 Å². The highest BCUT2D eigenvalue weighted by Crippen LogP contribution is 2.23. The Morgan fingerprint density at radius 1 is 1.42 bits per heavy atom. The lowest BCUT2D eigenvalue weighted by Crippen LogP contribution is -2.22. The molecule has 0 aliphatic rings. The van der Waals surface area contributed by atoms with Crippen LogP contribution in [-0.2, 0) is 5.41 Å². The Balaban J connectivity index is 2.82. The minimum absolute atomic E-state index is 0.107. The monoisotopic (exact) mass is 164 g/mol. The van der Waals surface area contributed by atoms with E-state index in [0.717, 1.165) is 12.1 Å². The summed E-state index contributed by atoms with van der Waals surface area (Å²) in [5, 5.41) is 0. The summed E-state index contributed by atoms with van der Waals surface area (Å²) in [6, 6.07) is 6.00. The van der Waals surface area contributed by atoms with E-state index in [4.69, 9.17) is 5.73 Å². The fourth-order valence-electron chi connectivity index (χ4n) is 1.25. The van der Waals surface area contributed by atoms with Gasteiger partial charge in [-0.2, -0.15) is 0 Å². The fourth-order valence-corrected chi connectivity index (χ4v) is 1.25. The van der Waals surface area contributed by atoms with E-state index in [-0.39, 0.29) is 5.41 Å². The first kappa shape index (κ1) is 9.20. The van der Waals surface area contributed by atoms with Gasteiger partial charge in [0.05, 0.1) is 0 Å². The van der Waals surface area contributed by atoms with Crippen LogP contribution in [0.15, 0.2) is 24.4 Å². The third-order valence-corrected chi connectivity index (χ3v) is 2.13. The zero-order valence-corrected chi connectivity index (χ0v) is 7.75. The molecule has 66 valence electrons. The maximum atomic E-state index is 5.52. The van der Waals surface area contributed by atoms with Crippen molar-refractivity contribution in [3.8, 4) is 0 Å². The molecule has 0 aromatic carbocycles. The smallest absolute Gasteiger partial charge is 0.0460 e. The predicted molar refractivity (Wildman–Crippen MR) is 50.9 cm³/mol. The topological polar surface area (TPSA) is 38.9 Å². The Bertz CT molecular complexity index is 229. The lowest BCUT2D eigenvalue weighted by molar-refractivity contribution is 0.473. The normalized spacial score (nSPS) is 11.6. The molecule has 1 aromatic heterocycles. The number of hydrogen-bond donors (Lipinski definition) is 1. The van der Waals surface area contributed by atoms with Gasteiger partial charge >= 0.3 is 0 Å². The number of rotatable bonds is 3. The summed E-state index contributed by atoms with van der Waals surface area (Å²) < 4.78 is 0. The third-order valence-electron chi connectivity index (χ3n) is 2.13. The molecule has 0 spiro atoms. The quantitative estimate of drug-likeness (QED) is 0.738. The summed E-state index contributed by atoms with van der Waals surface area (Å²) in [5.41, 5.74) is 6.75. The van der Waals surface area contributed by atoms with Crippen molar-refractivity contribution < 1.29 is 0 Å². The van der Waals surface area contributed by atoms with Gasteiger partial charge < -0.3 is 5.73 Å². The highest BCUT2D eigenvalue weighted by Gasteiger charge is 2.19. The van der Waals surface area contributed by atoms with E-state index in [2.05, 4.69) is 24.9 Å². The Labute approximate surface area is 73.8 Å². The molecule has 1 rings (SSSR count). The van der Waals surface area contributed by atoms with Crippen LogP contribution in [0.3, 0.4) is 0 Å². The van der Waals surface area contributed by atoms with Gasteiger partial charge in [-0.25, -0.2) is 0 Å². The Morgan fingerprint density at radius 3 is 2.67 bits per heavy atom. The van der Waals surface area contributed by atoms with Crippen molar-refractivity contribution in [2.75, 3.05) is 6.54 Å². The van der Waals surface area contributed by atoms with Crippen molar-refractivity contribution in [3.63, 3.8) is 0 Å². The average molecular weight is 164 g/mol. The molecule has 0 fully saturated rings. The number of nitrogens with two attached hydrogens (primary N) is 1. The molecule has 0 saturated carbocycles. The molecule has 0 aliphatic carbocycles. The second-order valence-corrected chi connectivity index (χ2v) is 3.64. The summed E-state index contributed by atoms with van der Waals surface area (Å²) >= 11 is 0. The third kappa shape index (κ3) is 2.05. The molecular weight excluding hydrogens is 148 g/mol. The Hall–Kier alpha value is -0.890. The number of aromatic nitrogens is 1. The summed E-state index contributed by atoms with van der Waals surface area (Å²) in [4.78, 5) is 4.31. The highest BCUT2D eigenvalue weighted by atomic mass is 14.7. The molecule has 1 heterocycles. The minimum Gasteiger partial charge on any atom is -0.330 e. The average Bonchev–Trinajstić information content (AvgIpc) is 2.06. The minimum atomic E-state index is 0.107. The van der Waals surface area contributed by atoms with Crippen molar-refractivity contribution in [2.24, 2.45) is 5.73 Å². The van der Waals surface area contributed by atoms with Gasteiger partial charge in [-0.15, -0.1) is 0 Å². The van der Waals surface area contributed by atoms with Gasteiger partial charge in [0.2, 0.25) is 0 Å². The summed E-state index contributed by atoms with van der Waals surface area (Å²) in [7, 11) is 0. The van der Waals surface area contributed by atoms with Crippen LogP contribution in [0.2, 0.25) is 0 Å². The first-order valence-corrected chi connectivity index (χ1v) is 4.28. The molecule has 12 heavy (non-hydrogen) atoms. The van der Waals surface area contributed by atoms with Crippen LogP contribution in [0.4, 0.5) is 0 Å². The standard InChI is InChI=1S/C10H16N2/c1-10(2,6-7-11)9-5-3-4-8-12-9/h3-5,8H,6-7,11H2,1-2H3. The van der Waals surface area contributed by atoms with Crippen molar-refractivity contribution in [3.05, 3.63) is 30.1 Å². The van der Waals surface area contributed by atoms with E-state index in [1.165, 1.54) is 0 Å². The van der Waals surface area contributed by atoms with Crippen LogP contribution in [0, 0.1) is 0 Å². The van der Waals surface area contributed by atoms with Gasteiger partial charge in [0.15, 0.2) is 0 Å². The lowest BCUT2D eigenvalue weighted by Gasteiger charge is -2.22. The Morgan fingerprint density at radius 2 is 2.17 bits per heavy atom. The molecular formula is C10H16N2. The largest absolute Gasteiger partial charge is 0.330 e. The molecule has 0 bridgehead atoms. The molecule has 0 atom stereocenters. The van der Waals surface area contributed by atoms with E-state index >= 15 is 0 Å². The summed E-state index contributed by atoms with van der Waals surface area (Å²) in [6.07, 6.45) is 2.80. The second kappa shape index (κ2) is 3.68. The summed E-state index contributed by atoms with van der Waals surface area (Å²) in [6.45, 7) is 5.05. The fraction of sp³-hybridized carbons (Fsp3) is 0.500. The molecule has 0 amide bonds.